The highest BCUT2D eigenvalue weighted by Crippen LogP contribution is 2.33. The van der Waals surface area contributed by atoms with Crippen LogP contribution in [0.15, 0.2) is 23.4 Å². The van der Waals surface area contributed by atoms with Gasteiger partial charge in [0, 0.05) is 17.7 Å². The van der Waals surface area contributed by atoms with E-state index in [1.54, 1.807) is 6.07 Å². The van der Waals surface area contributed by atoms with E-state index >= 15 is 0 Å². The van der Waals surface area contributed by atoms with Crippen molar-refractivity contribution in [2.75, 3.05) is 13.2 Å². The molecule has 6 heteroatoms. The fourth-order valence-electron chi connectivity index (χ4n) is 1.89. The number of fused-ring (bicyclic) bond motifs is 3. The fraction of sp³-hybridized carbons (Fsp3) is 0.300. The van der Waals surface area contributed by atoms with E-state index in [1.807, 2.05) is 0 Å². The van der Waals surface area contributed by atoms with Crippen LogP contribution in [0.1, 0.15) is 5.56 Å². The predicted molar refractivity (Wildman–Crippen MR) is 54.6 cm³/mol. The van der Waals surface area contributed by atoms with Gasteiger partial charge in [-0.25, -0.2) is 0 Å². The van der Waals surface area contributed by atoms with Crippen LogP contribution in [0, 0.1) is 16.0 Å². The summed E-state index contributed by atoms with van der Waals surface area (Å²) < 4.78 is 5.49. The number of nitro groups is 1. The third-order valence-electron chi connectivity index (χ3n) is 2.72. The van der Waals surface area contributed by atoms with Gasteiger partial charge >= 0.3 is 0 Å². The quantitative estimate of drug-likeness (QED) is 0.528. The standard InChI is InChI=1S/C10H8N2O4/c13-12(14)7-1-2-9-8(3-7)10-6(4-15-9)5-16-11-10/h1-3,6H,4-5H2. The van der Waals surface area contributed by atoms with E-state index in [0.29, 0.717) is 24.5 Å². The van der Waals surface area contributed by atoms with E-state index in [0.717, 1.165) is 5.71 Å². The van der Waals surface area contributed by atoms with Gasteiger partial charge in [-0.3, -0.25) is 10.1 Å². The molecule has 1 aromatic carbocycles. The van der Waals surface area contributed by atoms with Crippen molar-refractivity contribution in [2.45, 2.75) is 0 Å². The highest BCUT2D eigenvalue weighted by molar-refractivity contribution is 6.06. The molecule has 0 radical (unpaired) electrons. The molecule has 1 atom stereocenters. The van der Waals surface area contributed by atoms with Crippen LogP contribution in [0.2, 0.25) is 0 Å². The first-order valence-electron chi connectivity index (χ1n) is 4.87. The maximum absolute atomic E-state index is 10.7. The monoisotopic (exact) mass is 220 g/mol. The average Bonchev–Trinajstić information content (AvgIpc) is 2.76. The van der Waals surface area contributed by atoms with E-state index < -0.39 is 4.92 Å². The molecule has 0 saturated carbocycles. The molecule has 0 spiro atoms. The zero-order chi connectivity index (χ0) is 11.1. The van der Waals surface area contributed by atoms with Gasteiger partial charge in [0.25, 0.3) is 5.69 Å². The summed E-state index contributed by atoms with van der Waals surface area (Å²) in [6, 6.07) is 4.51. The topological polar surface area (TPSA) is 74.0 Å². The molecule has 16 heavy (non-hydrogen) atoms. The van der Waals surface area contributed by atoms with E-state index in [1.165, 1.54) is 12.1 Å². The number of hydrogen-bond donors (Lipinski definition) is 0. The highest BCUT2D eigenvalue weighted by atomic mass is 16.6. The molecule has 82 valence electrons. The molecule has 1 unspecified atom stereocenters. The molecule has 3 rings (SSSR count). The molecule has 2 aliphatic rings. The molecule has 0 fully saturated rings. The minimum atomic E-state index is -0.430. The van der Waals surface area contributed by atoms with E-state index in [-0.39, 0.29) is 11.6 Å². The molecule has 0 saturated heterocycles. The molecule has 2 aliphatic heterocycles. The fourth-order valence-corrected chi connectivity index (χ4v) is 1.89. The lowest BCUT2D eigenvalue weighted by Crippen LogP contribution is -2.27. The van der Waals surface area contributed by atoms with Crippen molar-refractivity contribution in [3.05, 3.63) is 33.9 Å². The van der Waals surface area contributed by atoms with Crippen LogP contribution >= 0.6 is 0 Å². The molecular weight excluding hydrogens is 212 g/mol. The Bertz CT molecular complexity index is 498. The zero-order valence-electron chi connectivity index (χ0n) is 8.25. The lowest BCUT2D eigenvalue weighted by Gasteiger charge is -2.20. The normalized spacial score (nSPS) is 21.2. The van der Waals surface area contributed by atoms with Crippen molar-refractivity contribution < 1.29 is 14.5 Å². The zero-order valence-corrected chi connectivity index (χ0v) is 8.25. The Labute approximate surface area is 90.6 Å². The summed E-state index contributed by atoms with van der Waals surface area (Å²) in [4.78, 5) is 15.2. The largest absolute Gasteiger partial charge is 0.492 e. The second-order valence-electron chi connectivity index (χ2n) is 3.72. The van der Waals surface area contributed by atoms with Gasteiger partial charge in [0.1, 0.15) is 24.7 Å². The number of oxime groups is 1. The van der Waals surface area contributed by atoms with Crippen LogP contribution in [-0.2, 0) is 4.84 Å². The number of hydrogen-bond acceptors (Lipinski definition) is 5. The SMILES string of the molecule is O=[N+]([O-])c1ccc2c(c1)C1=NOCC1CO2. The van der Waals surface area contributed by atoms with Gasteiger partial charge in [0.15, 0.2) is 0 Å². The van der Waals surface area contributed by atoms with E-state index in [4.69, 9.17) is 9.57 Å². The summed E-state index contributed by atoms with van der Waals surface area (Å²) in [5.74, 6) is 0.723. The second-order valence-corrected chi connectivity index (χ2v) is 3.72. The summed E-state index contributed by atoms with van der Waals surface area (Å²) >= 11 is 0. The first kappa shape index (κ1) is 9.14. The van der Waals surface area contributed by atoms with Gasteiger partial charge in [-0.2, -0.15) is 0 Å². The third-order valence-corrected chi connectivity index (χ3v) is 2.72. The Morgan fingerprint density at radius 1 is 1.44 bits per heavy atom. The van der Waals surface area contributed by atoms with Crippen molar-refractivity contribution in [3.63, 3.8) is 0 Å². The van der Waals surface area contributed by atoms with Crippen molar-refractivity contribution in [1.29, 1.82) is 0 Å². The molecule has 0 aromatic heterocycles. The van der Waals surface area contributed by atoms with Crippen LogP contribution in [-0.4, -0.2) is 23.8 Å². The molecule has 2 heterocycles. The summed E-state index contributed by atoms with van der Waals surface area (Å²) in [5, 5.41) is 14.6. The molecule has 0 bridgehead atoms. The van der Waals surface area contributed by atoms with Crippen molar-refractivity contribution >= 4 is 11.4 Å². The molecule has 0 amide bonds. The van der Waals surface area contributed by atoms with Gasteiger partial charge in [-0.1, -0.05) is 5.16 Å². The van der Waals surface area contributed by atoms with Crippen molar-refractivity contribution in [1.82, 2.24) is 0 Å². The van der Waals surface area contributed by atoms with Gasteiger partial charge in [0.05, 0.1) is 10.8 Å². The average molecular weight is 220 g/mol. The number of non-ortho nitro benzene ring substituents is 1. The summed E-state index contributed by atoms with van der Waals surface area (Å²) in [7, 11) is 0. The van der Waals surface area contributed by atoms with Crippen LogP contribution < -0.4 is 4.74 Å². The Hall–Kier alpha value is -2.11. The smallest absolute Gasteiger partial charge is 0.270 e. The lowest BCUT2D eigenvalue weighted by molar-refractivity contribution is -0.384. The third kappa shape index (κ3) is 1.23. The summed E-state index contributed by atoms with van der Waals surface area (Å²) in [6.07, 6.45) is 0. The van der Waals surface area contributed by atoms with Crippen LogP contribution in [0.4, 0.5) is 5.69 Å². The maximum atomic E-state index is 10.7. The lowest BCUT2D eigenvalue weighted by atomic mass is 9.95. The Morgan fingerprint density at radius 3 is 3.12 bits per heavy atom. The first-order chi connectivity index (χ1) is 7.75. The molecule has 0 N–H and O–H groups in total. The Kier molecular flexibility index (Phi) is 1.82. The predicted octanol–water partition coefficient (Wildman–Crippen LogP) is 1.34. The minimum Gasteiger partial charge on any atom is -0.492 e. The number of benzene rings is 1. The van der Waals surface area contributed by atoms with E-state index in [9.17, 15) is 10.1 Å². The van der Waals surface area contributed by atoms with Crippen LogP contribution in [0.3, 0.4) is 0 Å². The maximum Gasteiger partial charge on any atom is 0.270 e. The number of nitro benzene ring substituents is 1. The summed E-state index contributed by atoms with van der Waals surface area (Å²) in [5.41, 5.74) is 1.46. The molecular formula is C10H8N2O4. The van der Waals surface area contributed by atoms with Crippen molar-refractivity contribution in [3.8, 4) is 5.75 Å². The minimum absolute atomic E-state index is 0.0394. The van der Waals surface area contributed by atoms with Gasteiger partial charge in [-0.05, 0) is 6.07 Å². The Balaban J connectivity index is 2.12. The van der Waals surface area contributed by atoms with Gasteiger partial charge < -0.3 is 9.57 Å². The molecule has 0 aliphatic carbocycles. The summed E-state index contributed by atoms with van der Waals surface area (Å²) in [6.45, 7) is 1.00. The van der Waals surface area contributed by atoms with Crippen LogP contribution in [0.5, 0.6) is 5.75 Å². The van der Waals surface area contributed by atoms with Gasteiger partial charge in [0.2, 0.25) is 0 Å². The number of nitrogens with zero attached hydrogens (tertiary/aromatic N) is 2. The number of ether oxygens (including phenoxy) is 1. The molecule has 6 nitrogen and oxygen atoms in total. The number of rotatable bonds is 1. The van der Waals surface area contributed by atoms with E-state index in [2.05, 4.69) is 5.16 Å². The highest BCUT2D eigenvalue weighted by Gasteiger charge is 2.33. The van der Waals surface area contributed by atoms with Crippen LogP contribution in [0.25, 0.3) is 0 Å². The van der Waals surface area contributed by atoms with Crippen molar-refractivity contribution in [2.24, 2.45) is 11.1 Å². The molecule has 1 aromatic rings. The van der Waals surface area contributed by atoms with Gasteiger partial charge in [-0.15, -0.1) is 0 Å². The Morgan fingerprint density at radius 2 is 2.31 bits per heavy atom. The second kappa shape index (κ2) is 3.19. The first-order valence-corrected chi connectivity index (χ1v) is 4.87.